The lowest BCUT2D eigenvalue weighted by Gasteiger charge is -2.12. The molecule has 0 aromatic heterocycles. The lowest BCUT2D eigenvalue weighted by atomic mass is 10.2. The smallest absolute Gasteiger partial charge is 0.316 e. The summed E-state index contributed by atoms with van der Waals surface area (Å²) in [5.74, 6) is -0.0521. The van der Waals surface area contributed by atoms with Gasteiger partial charge in [-0.2, -0.15) is 0 Å². The fraction of sp³-hybridized carbons (Fsp3) is 0.333. The first-order valence-electron chi connectivity index (χ1n) is 5.86. The van der Waals surface area contributed by atoms with Crippen molar-refractivity contribution in [3.63, 3.8) is 0 Å². The summed E-state index contributed by atoms with van der Waals surface area (Å²) in [7, 11) is 0. The van der Waals surface area contributed by atoms with Crippen LogP contribution in [-0.2, 0) is 4.79 Å². The van der Waals surface area contributed by atoms with Crippen LogP contribution in [0, 0.1) is 0 Å². The van der Waals surface area contributed by atoms with Gasteiger partial charge in [-0.05, 0) is 37.6 Å². The van der Waals surface area contributed by atoms with Gasteiger partial charge in [0, 0.05) is 11.4 Å². The van der Waals surface area contributed by atoms with Gasteiger partial charge in [0.25, 0.3) is 0 Å². The van der Waals surface area contributed by atoms with E-state index in [2.05, 4.69) is 16.0 Å². The van der Waals surface area contributed by atoms with E-state index in [1.807, 2.05) is 0 Å². The summed E-state index contributed by atoms with van der Waals surface area (Å²) in [5, 5.41) is 8.39. The molecule has 5 N–H and O–H groups in total. The maximum absolute atomic E-state index is 11.9. The topological polar surface area (TPSA) is 96.2 Å². The van der Waals surface area contributed by atoms with E-state index >= 15 is 0 Å². The van der Waals surface area contributed by atoms with Gasteiger partial charge in [0.1, 0.15) is 0 Å². The molecule has 3 amide bonds. The summed E-state index contributed by atoms with van der Waals surface area (Å²) in [6.07, 6.45) is 1.87. The van der Waals surface area contributed by atoms with Gasteiger partial charge in [-0.25, -0.2) is 4.79 Å². The Morgan fingerprint density at radius 2 is 2.00 bits per heavy atom. The highest BCUT2D eigenvalue weighted by atomic mass is 16.2. The van der Waals surface area contributed by atoms with Crippen LogP contribution < -0.4 is 21.7 Å². The average Bonchev–Trinajstić information content (AvgIpc) is 2.81. The normalized spacial score (nSPS) is 18.3. The molecule has 18 heavy (non-hydrogen) atoms. The molecule has 1 aromatic carbocycles. The van der Waals surface area contributed by atoms with Crippen molar-refractivity contribution in [1.29, 1.82) is 0 Å². The van der Waals surface area contributed by atoms with Gasteiger partial charge in [-0.3, -0.25) is 4.79 Å². The van der Waals surface area contributed by atoms with Crippen molar-refractivity contribution in [3.05, 3.63) is 24.3 Å². The quantitative estimate of drug-likeness (QED) is 0.639. The molecule has 6 heteroatoms. The monoisotopic (exact) mass is 248 g/mol. The second kappa shape index (κ2) is 5.50. The van der Waals surface area contributed by atoms with E-state index in [1.165, 1.54) is 0 Å². The van der Waals surface area contributed by atoms with E-state index in [0.717, 1.165) is 19.4 Å². The minimum atomic E-state index is -0.629. The van der Waals surface area contributed by atoms with Crippen LogP contribution in [0.15, 0.2) is 24.3 Å². The van der Waals surface area contributed by atoms with E-state index < -0.39 is 6.03 Å². The van der Waals surface area contributed by atoms with E-state index in [0.29, 0.717) is 11.4 Å². The summed E-state index contributed by atoms with van der Waals surface area (Å²) in [6.45, 7) is 0.876. The van der Waals surface area contributed by atoms with Gasteiger partial charge in [-0.1, -0.05) is 6.07 Å². The molecule has 1 saturated heterocycles. The number of anilines is 2. The third kappa shape index (κ3) is 3.21. The molecule has 0 radical (unpaired) electrons. The SMILES string of the molecule is NC(=O)Nc1cccc(NC(=O)[C@H]2CCCN2)c1. The van der Waals surface area contributed by atoms with Gasteiger partial charge >= 0.3 is 6.03 Å². The van der Waals surface area contributed by atoms with Crippen LogP contribution in [-0.4, -0.2) is 24.5 Å². The van der Waals surface area contributed by atoms with Crippen LogP contribution in [0.1, 0.15) is 12.8 Å². The molecule has 1 aromatic rings. The van der Waals surface area contributed by atoms with Crippen molar-refractivity contribution in [2.24, 2.45) is 5.73 Å². The van der Waals surface area contributed by atoms with E-state index in [1.54, 1.807) is 24.3 Å². The fourth-order valence-corrected chi connectivity index (χ4v) is 1.95. The minimum Gasteiger partial charge on any atom is -0.351 e. The van der Waals surface area contributed by atoms with Crippen molar-refractivity contribution >= 4 is 23.3 Å². The number of carbonyl (C=O) groups is 2. The average molecular weight is 248 g/mol. The fourth-order valence-electron chi connectivity index (χ4n) is 1.95. The number of nitrogens with one attached hydrogen (secondary N) is 3. The second-order valence-electron chi connectivity index (χ2n) is 4.21. The molecule has 0 saturated carbocycles. The molecule has 6 nitrogen and oxygen atoms in total. The van der Waals surface area contributed by atoms with Crippen molar-refractivity contribution < 1.29 is 9.59 Å². The highest BCUT2D eigenvalue weighted by Gasteiger charge is 2.21. The first-order valence-corrected chi connectivity index (χ1v) is 5.86. The van der Waals surface area contributed by atoms with Gasteiger partial charge < -0.3 is 21.7 Å². The van der Waals surface area contributed by atoms with Gasteiger partial charge in [-0.15, -0.1) is 0 Å². The Kier molecular flexibility index (Phi) is 3.78. The lowest BCUT2D eigenvalue weighted by molar-refractivity contribution is -0.117. The number of carbonyl (C=O) groups excluding carboxylic acids is 2. The number of urea groups is 1. The molecule has 0 bridgehead atoms. The Morgan fingerprint density at radius 1 is 1.28 bits per heavy atom. The third-order valence-corrected chi connectivity index (χ3v) is 2.77. The number of nitrogens with two attached hydrogens (primary N) is 1. The van der Waals surface area contributed by atoms with Crippen LogP contribution in [0.2, 0.25) is 0 Å². The van der Waals surface area contributed by atoms with Gasteiger partial charge in [0.2, 0.25) is 5.91 Å². The third-order valence-electron chi connectivity index (χ3n) is 2.77. The van der Waals surface area contributed by atoms with Crippen molar-refractivity contribution in [2.75, 3.05) is 17.2 Å². The molecule has 1 atom stereocenters. The number of hydrogen-bond donors (Lipinski definition) is 4. The van der Waals surface area contributed by atoms with Crippen molar-refractivity contribution in [3.8, 4) is 0 Å². The lowest BCUT2D eigenvalue weighted by Crippen LogP contribution is -2.35. The molecule has 1 fully saturated rings. The zero-order chi connectivity index (χ0) is 13.0. The van der Waals surface area contributed by atoms with Crippen molar-refractivity contribution in [2.45, 2.75) is 18.9 Å². The van der Waals surface area contributed by atoms with Gasteiger partial charge in [0.15, 0.2) is 0 Å². The summed E-state index contributed by atoms with van der Waals surface area (Å²) in [5.41, 5.74) is 6.22. The Labute approximate surface area is 105 Å². The standard InChI is InChI=1S/C12H16N4O2/c13-12(18)16-9-4-1-3-8(7-9)15-11(17)10-5-2-6-14-10/h1,3-4,7,10,14H,2,5-6H2,(H,15,17)(H3,13,16,18)/t10-/m1/s1. The maximum Gasteiger partial charge on any atom is 0.316 e. The molecular formula is C12H16N4O2. The molecule has 96 valence electrons. The molecule has 0 unspecified atom stereocenters. The van der Waals surface area contributed by atoms with Crippen molar-refractivity contribution in [1.82, 2.24) is 5.32 Å². The highest BCUT2D eigenvalue weighted by molar-refractivity contribution is 5.96. The number of primary amides is 1. The van der Waals surface area contributed by atoms with Crippen LogP contribution in [0.3, 0.4) is 0 Å². The number of amides is 3. The second-order valence-corrected chi connectivity index (χ2v) is 4.21. The largest absolute Gasteiger partial charge is 0.351 e. The summed E-state index contributed by atoms with van der Waals surface area (Å²) >= 11 is 0. The van der Waals surface area contributed by atoms with Crippen LogP contribution in [0.4, 0.5) is 16.2 Å². The number of hydrogen-bond acceptors (Lipinski definition) is 3. The Hall–Kier alpha value is -2.08. The van der Waals surface area contributed by atoms with E-state index in [-0.39, 0.29) is 11.9 Å². The van der Waals surface area contributed by atoms with Crippen LogP contribution in [0.5, 0.6) is 0 Å². The minimum absolute atomic E-state index is 0.0521. The summed E-state index contributed by atoms with van der Waals surface area (Å²) < 4.78 is 0. The predicted octanol–water partition coefficient (Wildman–Crippen LogP) is 0.868. The molecule has 1 aliphatic heterocycles. The van der Waals surface area contributed by atoms with E-state index in [4.69, 9.17) is 5.73 Å². The summed E-state index contributed by atoms with van der Waals surface area (Å²) in [4.78, 5) is 22.6. The van der Waals surface area contributed by atoms with E-state index in [9.17, 15) is 9.59 Å². The Morgan fingerprint density at radius 3 is 2.61 bits per heavy atom. The Bertz CT molecular complexity index is 455. The first kappa shape index (κ1) is 12.4. The molecular weight excluding hydrogens is 232 g/mol. The molecule has 1 aliphatic rings. The first-order chi connectivity index (χ1) is 8.65. The molecule has 0 aliphatic carbocycles. The molecule has 1 heterocycles. The van der Waals surface area contributed by atoms with Crippen LogP contribution >= 0.6 is 0 Å². The zero-order valence-corrected chi connectivity index (χ0v) is 9.90. The molecule has 0 spiro atoms. The van der Waals surface area contributed by atoms with Crippen LogP contribution in [0.25, 0.3) is 0 Å². The Balaban J connectivity index is 2.00. The maximum atomic E-state index is 11.9. The number of rotatable bonds is 3. The highest BCUT2D eigenvalue weighted by Crippen LogP contribution is 2.16. The number of benzene rings is 1. The summed E-state index contributed by atoms with van der Waals surface area (Å²) in [6, 6.07) is 6.11. The molecule has 2 rings (SSSR count). The zero-order valence-electron chi connectivity index (χ0n) is 9.90. The van der Waals surface area contributed by atoms with Gasteiger partial charge in [0.05, 0.1) is 6.04 Å². The predicted molar refractivity (Wildman–Crippen MR) is 69.3 cm³/mol.